The second kappa shape index (κ2) is 7.49. The molecule has 0 aliphatic heterocycles. The first-order chi connectivity index (χ1) is 10.9. The summed E-state index contributed by atoms with van der Waals surface area (Å²) in [5, 5.41) is 18.7. The topological polar surface area (TPSA) is 124 Å². The molecule has 0 saturated carbocycles. The first kappa shape index (κ1) is 20.4. The molecule has 0 fully saturated rings. The first-order valence-electron chi connectivity index (χ1n) is 6.96. The number of halogens is 3. The fourth-order valence-corrected chi connectivity index (χ4v) is 3.48. The van der Waals surface area contributed by atoms with E-state index >= 15 is 0 Å². The molecule has 136 valence electrons. The van der Waals surface area contributed by atoms with Crippen LogP contribution in [0.4, 0.5) is 13.2 Å². The van der Waals surface area contributed by atoms with Crippen LogP contribution in [0.3, 0.4) is 0 Å². The van der Waals surface area contributed by atoms with Crippen molar-refractivity contribution in [3.63, 3.8) is 0 Å². The van der Waals surface area contributed by atoms with E-state index in [1.807, 2.05) is 0 Å². The maximum absolute atomic E-state index is 13.3. The fraction of sp³-hybridized carbons (Fsp3) is 0.500. The Bertz CT molecular complexity index is 664. The Kier molecular flexibility index (Phi) is 6.37. The van der Waals surface area contributed by atoms with Gasteiger partial charge < -0.3 is 15.9 Å². The molecule has 0 aliphatic rings. The van der Waals surface area contributed by atoms with Gasteiger partial charge in [0.05, 0.1) is 0 Å². The normalized spacial score (nSPS) is 18.4. The lowest BCUT2D eigenvalue weighted by molar-refractivity contribution is -0.267. The van der Waals surface area contributed by atoms with Crippen molar-refractivity contribution in [2.24, 2.45) is 5.73 Å². The van der Waals surface area contributed by atoms with E-state index in [-0.39, 0.29) is 6.42 Å². The Balaban J connectivity index is 2.88. The SMILES string of the molecule is N=S(=O)(CC[C@H](N)C(=O)O)CC[C@](O)(c1ccccc1)C(F)(F)F. The lowest BCUT2D eigenvalue weighted by atomic mass is 9.90. The van der Waals surface area contributed by atoms with E-state index in [4.69, 9.17) is 15.6 Å². The van der Waals surface area contributed by atoms with Crippen LogP contribution in [0.2, 0.25) is 0 Å². The second-order valence-electron chi connectivity index (χ2n) is 5.43. The first-order valence-corrected chi connectivity index (χ1v) is 8.86. The van der Waals surface area contributed by atoms with Crippen molar-refractivity contribution in [3.05, 3.63) is 35.9 Å². The van der Waals surface area contributed by atoms with E-state index in [1.165, 1.54) is 18.2 Å². The largest absolute Gasteiger partial charge is 0.480 e. The number of carbonyl (C=O) groups is 1. The van der Waals surface area contributed by atoms with E-state index < -0.39 is 57.0 Å². The van der Waals surface area contributed by atoms with Crippen LogP contribution in [0.5, 0.6) is 0 Å². The fourth-order valence-electron chi connectivity index (χ4n) is 2.02. The summed E-state index contributed by atoms with van der Waals surface area (Å²) in [6, 6.07) is 5.00. The molecule has 1 unspecified atom stereocenters. The number of benzene rings is 1. The van der Waals surface area contributed by atoms with Crippen LogP contribution in [0.15, 0.2) is 30.3 Å². The zero-order chi connectivity index (χ0) is 18.6. The Hall–Kier alpha value is -1.65. The molecule has 0 bridgehead atoms. The average Bonchev–Trinajstić information content (AvgIpc) is 2.50. The number of nitrogens with one attached hydrogen (secondary N) is 1. The summed E-state index contributed by atoms with van der Waals surface area (Å²) in [5.41, 5.74) is 1.59. The minimum atomic E-state index is -5.01. The number of alkyl halides is 3. The monoisotopic (exact) mass is 368 g/mol. The van der Waals surface area contributed by atoms with E-state index in [9.17, 15) is 27.3 Å². The molecule has 0 aromatic heterocycles. The number of carboxylic acids is 1. The Morgan fingerprint density at radius 3 is 2.25 bits per heavy atom. The lowest BCUT2D eigenvalue weighted by Gasteiger charge is -2.31. The van der Waals surface area contributed by atoms with Crippen molar-refractivity contribution in [2.75, 3.05) is 11.5 Å². The second-order valence-corrected chi connectivity index (χ2v) is 7.87. The molecule has 0 saturated heterocycles. The lowest BCUT2D eigenvalue weighted by Crippen LogP contribution is -2.44. The summed E-state index contributed by atoms with van der Waals surface area (Å²) < 4.78 is 59.5. The van der Waals surface area contributed by atoms with Gasteiger partial charge in [-0.3, -0.25) is 9.57 Å². The van der Waals surface area contributed by atoms with Gasteiger partial charge in [0.1, 0.15) is 6.04 Å². The minimum absolute atomic E-state index is 0.298. The maximum Gasteiger partial charge on any atom is 0.421 e. The van der Waals surface area contributed by atoms with E-state index in [2.05, 4.69) is 0 Å². The molecule has 1 aromatic carbocycles. The van der Waals surface area contributed by atoms with Gasteiger partial charge in [-0.1, -0.05) is 30.3 Å². The zero-order valence-electron chi connectivity index (χ0n) is 12.6. The molecule has 3 atom stereocenters. The Labute approximate surface area is 137 Å². The molecule has 1 rings (SSSR count). The van der Waals surface area contributed by atoms with Gasteiger partial charge in [-0.15, -0.1) is 0 Å². The van der Waals surface area contributed by atoms with Gasteiger partial charge in [-0.25, -0.2) is 4.21 Å². The smallest absolute Gasteiger partial charge is 0.421 e. The molecule has 0 aliphatic carbocycles. The number of aliphatic carboxylic acids is 1. The summed E-state index contributed by atoms with van der Waals surface area (Å²) >= 11 is 0. The summed E-state index contributed by atoms with van der Waals surface area (Å²) in [7, 11) is -3.51. The number of aliphatic hydroxyl groups is 1. The van der Waals surface area contributed by atoms with Gasteiger partial charge in [0.2, 0.25) is 0 Å². The molecule has 24 heavy (non-hydrogen) atoms. The van der Waals surface area contributed by atoms with Gasteiger partial charge in [-0.05, 0) is 12.0 Å². The zero-order valence-corrected chi connectivity index (χ0v) is 13.4. The predicted molar refractivity (Wildman–Crippen MR) is 81.8 cm³/mol. The number of nitrogens with two attached hydrogens (primary N) is 1. The van der Waals surface area contributed by atoms with Crippen LogP contribution >= 0.6 is 0 Å². The van der Waals surface area contributed by atoms with Crippen LogP contribution < -0.4 is 5.73 Å². The van der Waals surface area contributed by atoms with Crippen molar-refractivity contribution < 1.29 is 32.4 Å². The van der Waals surface area contributed by atoms with E-state index in [0.717, 1.165) is 12.1 Å². The van der Waals surface area contributed by atoms with Crippen molar-refractivity contribution in [3.8, 4) is 0 Å². The maximum atomic E-state index is 13.3. The van der Waals surface area contributed by atoms with Crippen LogP contribution in [-0.2, 0) is 20.1 Å². The predicted octanol–water partition coefficient (Wildman–Crippen LogP) is 1.68. The summed E-state index contributed by atoms with van der Waals surface area (Å²) in [5.74, 6) is -2.53. The molecule has 0 radical (unpaired) electrons. The standard InChI is InChI=1S/C14H19F3N2O4S/c15-14(16,17)13(22,10-4-2-1-3-5-10)7-9-24(19,23)8-6-11(18)12(20)21/h1-5,11,19,22H,6-9,18H2,(H,20,21)/t11-,13-,24?/m0/s1. The third-order valence-corrected chi connectivity index (χ3v) is 5.35. The number of hydrogen-bond donors (Lipinski definition) is 4. The van der Waals surface area contributed by atoms with Crippen LogP contribution in [0, 0.1) is 4.78 Å². The molecule has 0 spiro atoms. The quantitative estimate of drug-likeness (QED) is 0.556. The molecule has 10 heteroatoms. The van der Waals surface area contributed by atoms with Crippen molar-refractivity contribution in [1.29, 1.82) is 4.78 Å². The highest BCUT2D eigenvalue weighted by molar-refractivity contribution is 7.92. The van der Waals surface area contributed by atoms with E-state index in [1.54, 1.807) is 0 Å². The Morgan fingerprint density at radius 2 is 1.79 bits per heavy atom. The van der Waals surface area contributed by atoms with E-state index in [0.29, 0.717) is 0 Å². The summed E-state index contributed by atoms with van der Waals surface area (Å²) in [6.07, 6.45) is -6.28. The highest BCUT2D eigenvalue weighted by atomic mass is 32.2. The molecule has 6 nitrogen and oxygen atoms in total. The van der Waals surface area contributed by atoms with Gasteiger partial charge in [0, 0.05) is 27.7 Å². The van der Waals surface area contributed by atoms with Crippen molar-refractivity contribution in [1.82, 2.24) is 0 Å². The molecular weight excluding hydrogens is 349 g/mol. The van der Waals surface area contributed by atoms with Crippen LogP contribution in [-0.4, -0.2) is 44.1 Å². The van der Waals surface area contributed by atoms with Crippen LogP contribution in [0.25, 0.3) is 0 Å². The highest BCUT2D eigenvalue weighted by Gasteiger charge is 2.54. The third-order valence-electron chi connectivity index (χ3n) is 3.59. The summed E-state index contributed by atoms with van der Waals surface area (Å²) in [4.78, 5) is 10.6. The number of carboxylic acid groups (broad SMARTS) is 1. The average molecular weight is 368 g/mol. The van der Waals surface area contributed by atoms with Crippen LogP contribution in [0.1, 0.15) is 18.4 Å². The molecule has 5 N–H and O–H groups in total. The Morgan fingerprint density at radius 1 is 1.25 bits per heavy atom. The highest BCUT2D eigenvalue weighted by Crippen LogP contribution is 2.41. The number of rotatable bonds is 8. The number of hydrogen-bond acceptors (Lipinski definition) is 5. The van der Waals surface area contributed by atoms with Crippen molar-refractivity contribution >= 4 is 15.7 Å². The minimum Gasteiger partial charge on any atom is -0.480 e. The van der Waals surface area contributed by atoms with Gasteiger partial charge in [-0.2, -0.15) is 13.2 Å². The summed E-state index contributed by atoms with van der Waals surface area (Å²) in [6.45, 7) is 0. The van der Waals surface area contributed by atoms with Crippen molar-refractivity contribution in [2.45, 2.75) is 30.7 Å². The van der Waals surface area contributed by atoms with Gasteiger partial charge >= 0.3 is 12.1 Å². The molecule has 0 amide bonds. The van der Waals surface area contributed by atoms with Gasteiger partial charge in [0.15, 0.2) is 5.60 Å². The molecule has 1 aromatic rings. The van der Waals surface area contributed by atoms with Gasteiger partial charge in [0.25, 0.3) is 0 Å². The molecule has 0 heterocycles. The third kappa shape index (κ3) is 5.18. The molecular formula is C14H19F3N2O4S.